The monoisotopic (exact) mass is 259 g/mol. The molecule has 0 saturated heterocycles. The molecule has 3 rings (SSSR count). The van der Waals surface area contributed by atoms with Gasteiger partial charge in [-0.05, 0) is 43.9 Å². The molecule has 1 heterocycles. The smallest absolute Gasteiger partial charge is 0.251 e. The molecule has 0 aromatic carbocycles. The highest BCUT2D eigenvalue weighted by Gasteiger charge is 2.42. The van der Waals surface area contributed by atoms with Crippen molar-refractivity contribution in [3.63, 3.8) is 0 Å². The van der Waals surface area contributed by atoms with Gasteiger partial charge in [0.15, 0.2) is 12.4 Å². The van der Waals surface area contributed by atoms with Crippen molar-refractivity contribution in [1.82, 2.24) is 5.32 Å². The van der Waals surface area contributed by atoms with E-state index in [9.17, 15) is 4.79 Å². The molecule has 1 aromatic rings. The Morgan fingerprint density at radius 2 is 2.05 bits per heavy atom. The Labute approximate surface area is 115 Å². The normalized spacial score (nSPS) is 30.3. The molecule has 2 bridgehead atoms. The lowest BCUT2D eigenvalue weighted by atomic mass is 9.84. The Morgan fingerprint density at radius 3 is 2.63 bits per heavy atom. The van der Waals surface area contributed by atoms with Crippen LogP contribution in [0.15, 0.2) is 24.5 Å². The van der Waals surface area contributed by atoms with E-state index in [-0.39, 0.29) is 5.91 Å². The van der Waals surface area contributed by atoms with Crippen molar-refractivity contribution in [1.29, 1.82) is 0 Å². The van der Waals surface area contributed by atoms with Crippen LogP contribution in [-0.2, 0) is 7.05 Å². The highest BCUT2D eigenvalue weighted by Crippen LogP contribution is 2.49. The van der Waals surface area contributed by atoms with Gasteiger partial charge < -0.3 is 5.32 Å². The van der Waals surface area contributed by atoms with Gasteiger partial charge in [-0.25, -0.2) is 4.57 Å². The summed E-state index contributed by atoms with van der Waals surface area (Å²) < 4.78 is 1.94. The Hall–Kier alpha value is -1.38. The molecule has 3 heteroatoms. The molecule has 0 unspecified atom stereocenters. The molecule has 3 nitrogen and oxygen atoms in total. The summed E-state index contributed by atoms with van der Waals surface area (Å²) in [4.78, 5) is 12.2. The van der Waals surface area contributed by atoms with Gasteiger partial charge in [0.2, 0.25) is 0 Å². The quantitative estimate of drug-likeness (QED) is 0.828. The molecule has 102 valence electrons. The molecule has 1 N–H and O–H groups in total. The third-order valence-electron chi connectivity index (χ3n) is 5.03. The summed E-state index contributed by atoms with van der Waals surface area (Å²) >= 11 is 0. The molecular formula is C16H23N2O+. The number of hydrogen-bond donors (Lipinski definition) is 1. The third kappa shape index (κ3) is 2.51. The van der Waals surface area contributed by atoms with Crippen LogP contribution in [0.3, 0.4) is 0 Å². The maximum atomic E-state index is 12.2. The van der Waals surface area contributed by atoms with Crippen molar-refractivity contribution in [2.45, 2.75) is 38.6 Å². The number of aromatic nitrogens is 1. The van der Waals surface area contributed by atoms with Gasteiger partial charge in [-0.3, -0.25) is 4.79 Å². The third-order valence-corrected chi connectivity index (χ3v) is 5.03. The molecule has 2 aliphatic rings. The van der Waals surface area contributed by atoms with Crippen molar-refractivity contribution in [2.75, 3.05) is 0 Å². The van der Waals surface area contributed by atoms with E-state index in [0.29, 0.717) is 12.0 Å². The lowest BCUT2D eigenvalue weighted by Crippen LogP contribution is -2.40. The second-order valence-electron chi connectivity index (χ2n) is 6.35. The molecule has 1 aromatic heterocycles. The van der Waals surface area contributed by atoms with Crippen LogP contribution in [0.25, 0.3) is 0 Å². The van der Waals surface area contributed by atoms with E-state index in [1.54, 1.807) is 0 Å². The molecule has 0 spiro atoms. The Kier molecular flexibility index (Phi) is 3.29. The number of fused-ring (bicyclic) bond motifs is 2. The van der Waals surface area contributed by atoms with Gasteiger partial charge >= 0.3 is 0 Å². The van der Waals surface area contributed by atoms with Crippen molar-refractivity contribution in [3.8, 4) is 0 Å². The number of carbonyl (C=O) groups is 1. The zero-order chi connectivity index (χ0) is 13.4. The van der Waals surface area contributed by atoms with Gasteiger partial charge in [-0.1, -0.05) is 6.42 Å². The van der Waals surface area contributed by atoms with Gasteiger partial charge in [0.05, 0.1) is 5.56 Å². The summed E-state index contributed by atoms with van der Waals surface area (Å²) in [5, 5.41) is 3.19. The number of amides is 1. The topological polar surface area (TPSA) is 33.0 Å². The number of carbonyl (C=O) groups excluding carboxylic acids is 1. The van der Waals surface area contributed by atoms with E-state index < -0.39 is 0 Å². The molecule has 1 amide bonds. The summed E-state index contributed by atoms with van der Waals surface area (Å²) in [5.74, 6) is 2.55. The van der Waals surface area contributed by atoms with E-state index in [1.165, 1.54) is 25.7 Å². The van der Waals surface area contributed by atoms with Crippen LogP contribution < -0.4 is 9.88 Å². The van der Waals surface area contributed by atoms with E-state index in [1.807, 2.05) is 36.1 Å². The second kappa shape index (κ2) is 4.95. The molecule has 0 radical (unpaired) electrons. The molecule has 2 aliphatic carbocycles. The molecule has 4 atom stereocenters. The van der Waals surface area contributed by atoms with Crippen LogP contribution in [0.5, 0.6) is 0 Å². The van der Waals surface area contributed by atoms with Crippen molar-refractivity contribution in [3.05, 3.63) is 30.1 Å². The number of pyridine rings is 1. The SMILES string of the molecule is C[C@@H](NC(=O)c1cc[n+](C)cc1)[C@@H]1C[C@H]2CC[C@H]1C2. The van der Waals surface area contributed by atoms with Crippen LogP contribution in [-0.4, -0.2) is 11.9 Å². The first kappa shape index (κ1) is 12.6. The highest BCUT2D eigenvalue weighted by molar-refractivity contribution is 5.94. The minimum absolute atomic E-state index is 0.0656. The highest BCUT2D eigenvalue weighted by atomic mass is 16.1. The van der Waals surface area contributed by atoms with Crippen LogP contribution in [0.4, 0.5) is 0 Å². The first-order valence-corrected chi connectivity index (χ1v) is 7.39. The zero-order valence-corrected chi connectivity index (χ0v) is 11.8. The molecule has 2 saturated carbocycles. The minimum Gasteiger partial charge on any atom is -0.349 e. The number of nitrogens with zero attached hydrogens (tertiary/aromatic N) is 1. The van der Waals surface area contributed by atoms with Crippen LogP contribution in [0, 0.1) is 17.8 Å². The Morgan fingerprint density at radius 1 is 1.32 bits per heavy atom. The van der Waals surface area contributed by atoms with E-state index in [2.05, 4.69) is 12.2 Å². The van der Waals surface area contributed by atoms with Gasteiger partial charge in [-0.2, -0.15) is 0 Å². The van der Waals surface area contributed by atoms with E-state index in [4.69, 9.17) is 0 Å². The standard InChI is InChI=1S/C16H22N2O/c1-11(15-10-12-3-4-14(15)9-12)17-16(19)13-5-7-18(2)8-6-13/h5-8,11-12,14-15H,3-4,9-10H2,1-2H3/p+1/t11-,12+,14+,15+/m1/s1. The zero-order valence-electron chi connectivity index (χ0n) is 11.8. The molecule has 19 heavy (non-hydrogen) atoms. The maximum Gasteiger partial charge on any atom is 0.251 e. The largest absolute Gasteiger partial charge is 0.349 e. The van der Waals surface area contributed by atoms with Crippen LogP contribution in [0.1, 0.15) is 43.0 Å². The fourth-order valence-electron chi connectivity index (χ4n) is 3.96. The first-order valence-electron chi connectivity index (χ1n) is 7.39. The number of aryl methyl sites for hydroxylation is 1. The second-order valence-corrected chi connectivity index (χ2v) is 6.35. The average molecular weight is 259 g/mol. The Bertz CT molecular complexity index is 468. The van der Waals surface area contributed by atoms with Gasteiger partial charge in [0, 0.05) is 18.2 Å². The molecule has 2 fully saturated rings. The summed E-state index contributed by atoms with van der Waals surface area (Å²) in [5.41, 5.74) is 0.758. The van der Waals surface area contributed by atoms with Crippen molar-refractivity contribution < 1.29 is 9.36 Å². The Balaban J connectivity index is 1.61. The van der Waals surface area contributed by atoms with Crippen molar-refractivity contribution in [2.24, 2.45) is 24.8 Å². The first-order chi connectivity index (χ1) is 9.13. The predicted octanol–water partition coefficient (Wildman–Crippen LogP) is 2.07. The lowest BCUT2D eigenvalue weighted by molar-refractivity contribution is -0.671. The van der Waals surface area contributed by atoms with E-state index in [0.717, 1.165) is 17.4 Å². The summed E-state index contributed by atoms with van der Waals surface area (Å²) in [7, 11) is 1.96. The maximum absolute atomic E-state index is 12.2. The van der Waals surface area contributed by atoms with Gasteiger partial charge in [0.1, 0.15) is 7.05 Å². The predicted molar refractivity (Wildman–Crippen MR) is 73.5 cm³/mol. The van der Waals surface area contributed by atoms with Crippen molar-refractivity contribution >= 4 is 5.91 Å². The fourth-order valence-corrected chi connectivity index (χ4v) is 3.96. The van der Waals surface area contributed by atoms with Crippen LogP contribution >= 0.6 is 0 Å². The summed E-state index contributed by atoms with van der Waals surface area (Å²) in [6.45, 7) is 2.17. The number of nitrogens with one attached hydrogen (secondary N) is 1. The number of hydrogen-bond acceptors (Lipinski definition) is 1. The summed E-state index contributed by atoms with van der Waals surface area (Å²) in [6, 6.07) is 4.06. The fraction of sp³-hybridized carbons (Fsp3) is 0.625. The van der Waals surface area contributed by atoms with Crippen LogP contribution in [0.2, 0.25) is 0 Å². The minimum atomic E-state index is 0.0656. The van der Waals surface area contributed by atoms with Gasteiger partial charge in [0.25, 0.3) is 5.91 Å². The number of rotatable bonds is 3. The van der Waals surface area contributed by atoms with E-state index >= 15 is 0 Å². The molecule has 0 aliphatic heterocycles. The average Bonchev–Trinajstić information content (AvgIpc) is 3.01. The van der Waals surface area contributed by atoms with Gasteiger partial charge in [-0.15, -0.1) is 0 Å². The molecular weight excluding hydrogens is 236 g/mol. The lowest BCUT2D eigenvalue weighted by Gasteiger charge is -2.28. The summed E-state index contributed by atoms with van der Waals surface area (Å²) in [6.07, 6.45) is 9.32.